The SMILES string of the molecule is c1cnc2c(c1)nc(CC1CCOCC1)n2CC1CCCNC1. The summed E-state index contributed by atoms with van der Waals surface area (Å²) < 4.78 is 7.89. The highest BCUT2D eigenvalue weighted by Gasteiger charge is 2.22. The maximum atomic E-state index is 5.50. The van der Waals surface area contributed by atoms with Crippen molar-refractivity contribution in [2.24, 2.45) is 11.8 Å². The maximum Gasteiger partial charge on any atom is 0.159 e. The molecule has 2 aliphatic rings. The summed E-state index contributed by atoms with van der Waals surface area (Å²) in [6, 6.07) is 4.07. The minimum atomic E-state index is 0.691. The van der Waals surface area contributed by atoms with Gasteiger partial charge in [-0.2, -0.15) is 0 Å². The zero-order chi connectivity index (χ0) is 15.5. The fourth-order valence-electron chi connectivity index (χ4n) is 3.90. The Morgan fingerprint density at radius 1 is 1.22 bits per heavy atom. The standard InChI is InChI=1S/C18H26N4O/c1-3-15(12-19-7-1)13-22-17(11-14-5-9-23-10-6-14)21-16-4-2-8-20-18(16)22/h2,4,8,14-15,19H,1,3,5-7,9-13H2. The molecule has 2 aromatic heterocycles. The van der Waals surface area contributed by atoms with Gasteiger partial charge in [-0.3, -0.25) is 0 Å². The Hall–Kier alpha value is -1.46. The zero-order valence-electron chi connectivity index (χ0n) is 13.7. The molecular weight excluding hydrogens is 288 g/mol. The zero-order valence-corrected chi connectivity index (χ0v) is 13.7. The maximum absolute atomic E-state index is 5.50. The number of pyridine rings is 1. The molecule has 5 nitrogen and oxygen atoms in total. The first-order valence-corrected chi connectivity index (χ1v) is 8.99. The number of aromatic nitrogens is 3. The van der Waals surface area contributed by atoms with Gasteiger partial charge in [-0.25, -0.2) is 9.97 Å². The van der Waals surface area contributed by atoms with E-state index in [9.17, 15) is 0 Å². The van der Waals surface area contributed by atoms with E-state index in [1.54, 1.807) is 0 Å². The Labute approximate surface area is 137 Å². The summed E-state index contributed by atoms with van der Waals surface area (Å²) in [6.07, 6.45) is 7.83. The fourth-order valence-corrected chi connectivity index (χ4v) is 3.90. The average molecular weight is 314 g/mol. The Kier molecular flexibility index (Phi) is 4.57. The lowest BCUT2D eigenvalue weighted by Crippen LogP contribution is -2.32. The lowest BCUT2D eigenvalue weighted by Gasteiger charge is -2.25. The van der Waals surface area contributed by atoms with Gasteiger partial charge in [-0.1, -0.05) is 0 Å². The van der Waals surface area contributed by atoms with Gasteiger partial charge in [0.1, 0.15) is 11.3 Å². The predicted molar refractivity (Wildman–Crippen MR) is 90.4 cm³/mol. The first-order valence-electron chi connectivity index (χ1n) is 8.99. The van der Waals surface area contributed by atoms with Gasteiger partial charge in [0.25, 0.3) is 0 Å². The van der Waals surface area contributed by atoms with Gasteiger partial charge < -0.3 is 14.6 Å². The summed E-state index contributed by atoms with van der Waals surface area (Å²) in [5.41, 5.74) is 2.10. The Bertz CT molecular complexity index is 642. The molecule has 5 heteroatoms. The van der Waals surface area contributed by atoms with Crippen LogP contribution in [0.3, 0.4) is 0 Å². The highest BCUT2D eigenvalue weighted by atomic mass is 16.5. The molecule has 0 saturated carbocycles. The summed E-state index contributed by atoms with van der Waals surface area (Å²) in [6.45, 7) is 5.11. The van der Waals surface area contributed by atoms with Crippen LogP contribution < -0.4 is 5.32 Å². The summed E-state index contributed by atoms with van der Waals surface area (Å²) in [5, 5.41) is 3.53. The van der Waals surface area contributed by atoms with Gasteiger partial charge >= 0.3 is 0 Å². The van der Waals surface area contributed by atoms with E-state index in [4.69, 9.17) is 9.72 Å². The molecule has 0 radical (unpaired) electrons. The average Bonchev–Trinajstić information content (AvgIpc) is 2.94. The number of fused-ring (bicyclic) bond motifs is 1. The number of hydrogen-bond acceptors (Lipinski definition) is 4. The summed E-state index contributed by atoms with van der Waals surface area (Å²) >= 11 is 0. The number of rotatable bonds is 4. The molecule has 2 aliphatic heterocycles. The predicted octanol–water partition coefficient (Wildman–Crippen LogP) is 2.40. The van der Waals surface area contributed by atoms with E-state index >= 15 is 0 Å². The number of hydrogen-bond donors (Lipinski definition) is 1. The molecule has 1 atom stereocenters. The Morgan fingerprint density at radius 3 is 2.96 bits per heavy atom. The van der Waals surface area contributed by atoms with Crippen molar-refractivity contribution in [1.82, 2.24) is 19.9 Å². The minimum Gasteiger partial charge on any atom is -0.381 e. The monoisotopic (exact) mass is 314 g/mol. The van der Waals surface area contributed by atoms with Crippen molar-refractivity contribution in [2.45, 2.75) is 38.6 Å². The first kappa shape index (κ1) is 15.1. The molecule has 1 N–H and O–H groups in total. The fraction of sp³-hybridized carbons (Fsp3) is 0.667. The highest BCUT2D eigenvalue weighted by molar-refractivity contribution is 5.71. The molecule has 23 heavy (non-hydrogen) atoms. The van der Waals surface area contributed by atoms with E-state index in [1.807, 2.05) is 12.3 Å². The van der Waals surface area contributed by atoms with E-state index in [0.717, 1.165) is 63.3 Å². The molecule has 4 rings (SSSR count). The van der Waals surface area contributed by atoms with E-state index in [2.05, 4.69) is 20.9 Å². The second kappa shape index (κ2) is 6.97. The molecule has 124 valence electrons. The lowest BCUT2D eigenvalue weighted by molar-refractivity contribution is 0.0657. The van der Waals surface area contributed by atoms with E-state index in [1.165, 1.54) is 18.7 Å². The van der Waals surface area contributed by atoms with Gasteiger partial charge in [0.15, 0.2) is 5.65 Å². The smallest absolute Gasteiger partial charge is 0.159 e. The summed E-state index contributed by atoms with van der Waals surface area (Å²) in [7, 11) is 0. The van der Waals surface area contributed by atoms with E-state index in [-0.39, 0.29) is 0 Å². The van der Waals surface area contributed by atoms with Gasteiger partial charge in [-0.15, -0.1) is 0 Å². The lowest BCUT2D eigenvalue weighted by atomic mass is 9.95. The molecule has 0 aliphatic carbocycles. The van der Waals surface area contributed by atoms with Crippen molar-refractivity contribution in [3.05, 3.63) is 24.2 Å². The van der Waals surface area contributed by atoms with Crippen molar-refractivity contribution < 1.29 is 4.74 Å². The largest absolute Gasteiger partial charge is 0.381 e. The van der Waals surface area contributed by atoms with E-state index < -0.39 is 0 Å². The van der Waals surface area contributed by atoms with Crippen molar-refractivity contribution in [3.8, 4) is 0 Å². The second-order valence-corrected chi connectivity index (χ2v) is 6.96. The highest BCUT2D eigenvalue weighted by Crippen LogP contribution is 2.24. The first-order chi connectivity index (χ1) is 11.4. The molecule has 2 saturated heterocycles. The van der Waals surface area contributed by atoms with Crippen LogP contribution in [0.2, 0.25) is 0 Å². The second-order valence-electron chi connectivity index (χ2n) is 6.96. The Balaban J connectivity index is 1.60. The number of nitrogens with zero attached hydrogens (tertiary/aromatic N) is 3. The third-order valence-corrected chi connectivity index (χ3v) is 5.23. The van der Waals surface area contributed by atoms with Gasteiger partial charge in [0, 0.05) is 32.4 Å². The Morgan fingerprint density at radius 2 is 2.13 bits per heavy atom. The molecule has 4 heterocycles. The quantitative estimate of drug-likeness (QED) is 0.941. The molecule has 0 spiro atoms. The molecule has 2 aromatic rings. The van der Waals surface area contributed by atoms with Crippen LogP contribution in [0.25, 0.3) is 11.2 Å². The van der Waals surface area contributed by atoms with Gasteiger partial charge in [-0.05, 0) is 62.7 Å². The topological polar surface area (TPSA) is 52.0 Å². The number of nitrogens with one attached hydrogen (secondary N) is 1. The number of ether oxygens (including phenoxy) is 1. The summed E-state index contributed by atoms with van der Waals surface area (Å²) in [4.78, 5) is 9.53. The van der Waals surface area contributed by atoms with Gasteiger partial charge in [0.2, 0.25) is 0 Å². The minimum absolute atomic E-state index is 0.691. The third-order valence-electron chi connectivity index (χ3n) is 5.23. The third kappa shape index (κ3) is 3.40. The van der Waals surface area contributed by atoms with Crippen LogP contribution in [0.15, 0.2) is 18.3 Å². The molecule has 2 fully saturated rings. The van der Waals surface area contributed by atoms with Crippen LogP contribution >= 0.6 is 0 Å². The van der Waals surface area contributed by atoms with Crippen LogP contribution in [0.1, 0.15) is 31.5 Å². The van der Waals surface area contributed by atoms with Crippen LogP contribution in [0.4, 0.5) is 0 Å². The van der Waals surface area contributed by atoms with Crippen LogP contribution in [-0.2, 0) is 17.7 Å². The van der Waals surface area contributed by atoms with Gasteiger partial charge in [0.05, 0.1) is 0 Å². The van der Waals surface area contributed by atoms with Crippen molar-refractivity contribution in [2.75, 3.05) is 26.3 Å². The molecule has 1 unspecified atom stereocenters. The number of imidazole rings is 1. The molecular formula is C18H26N4O. The normalized spacial score (nSPS) is 23.4. The molecule has 0 amide bonds. The van der Waals surface area contributed by atoms with Crippen LogP contribution in [0, 0.1) is 11.8 Å². The molecule has 0 bridgehead atoms. The molecule has 0 aromatic carbocycles. The summed E-state index contributed by atoms with van der Waals surface area (Å²) in [5.74, 6) is 2.61. The number of piperidine rings is 1. The van der Waals surface area contributed by atoms with E-state index in [0.29, 0.717) is 11.8 Å². The van der Waals surface area contributed by atoms with Crippen molar-refractivity contribution >= 4 is 11.2 Å². The van der Waals surface area contributed by atoms with Crippen molar-refractivity contribution in [3.63, 3.8) is 0 Å². The van der Waals surface area contributed by atoms with Crippen LogP contribution in [-0.4, -0.2) is 40.8 Å². The van der Waals surface area contributed by atoms with Crippen molar-refractivity contribution in [1.29, 1.82) is 0 Å². The van der Waals surface area contributed by atoms with Crippen LogP contribution in [0.5, 0.6) is 0 Å².